The third-order valence-corrected chi connectivity index (χ3v) is 12.4. The molecule has 0 aliphatic carbocycles. The standard InChI is InChI=1S/C60H101O11P/c1-4-7-10-13-16-19-22-25-27-28-30-33-36-39-42-45-48-51-60(64)71-57(53-67-58(62)49-46-43-40-37-34-31-24-21-18-15-12-9-6-3)55-69-72(65,66)68-54-56(52-61)70-59(63)50-47-44-41-38-35-32-29-26-23-20-17-14-11-8-5-2/h9,12,16-21,25-27,29,31,34,40,43,56-57,61H,4-8,10-11,13-15,22-24,28,30,32-33,35-39,41-42,44-55H2,1-3H3,(H,65,66)/b12-9-,19-16-,20-17-,21-18-,27-25-,29-26-,34-31-,43-40-. The Kier molecular flexibility index (Phi) is 51.0. The van der Waals surface area contributed by atoms with Gasteiger partial charge in [0.2, 0.25) is 0 Å². The molecule has 0 radical (unpaired) electrons. The summed E-state index contributed by atoms with van der Waals surface area (Å²) >= 11 is 0. The molecular formula is C60H101O11P. The molecular weight excluding hydrogens is 928 g/mol. The molecule has 0 aromatic carbocycles. The van der Waals surface area contributed by atoms with Gasteiger partial charge in [-0.2, -0.15) is 0 Å². The van der Waals surface area contributed by atoms with Crippen LogP contribution in [0.3, 0.4) is 0 Å². The zero-order chi connectivity index (χ0) is 52.7. The highest BCUT2D eigenvalue weighted by atomic mass is 31.2. The van der Waals surface area contributed by atoms with E-state index >= 15 is 0 Å². The maximum absolute atomic E-state index is 12.9. The lowest BCUT2D eigenvalue weighted by molar-refractivity contribution is -0.161. The van der Waals surface area contributed by atoms with E-state index in [0.717, 1.165) is 109 Å². The van der Waals surface area contributed by atoms with E-state index in [0.29, 0.717) is 19.3 Å². The van der Waals surface area contributed by atoms with Crippen molar-refractivity contribution in [3.8, 4) is 0 Å². The fourth-order valence-electron chi connectivity index (χ4n) is 7.19. The number of carbonyl (C=O) groups is 3. The van der Waals surface area contributed by atoms with E-state index in [9.17, 15) is 28.9 Å². The van der Waals surface area contributed by atoms with Gasteiger partial charge in [-0.3, -0.25) is 23.4 Å². The van der Waals surface area contributed by atoms with Crippen LogP contribution in [0.2, 0.25) is 0 Å². The van der Waals surface area contributed by atoms with Gasteiger partial charge in [0.25, 0.3) is 0 Å². The van der Waals surface area contributed by atoms with Gasteiger partial charge in [-0.15, -0.1) is 0 Å². The number of aliphatic hydroxyl groups is 1. The van der Waals surface area contributed by atoms with E-state index in [4.69, 9.17) is 23.3 Å². The number of rotatable bonds is 51. The Bertz CT molecular complexity index is 1580. The quantitative estimate of drug-likeness (QED) is 0.0197. The third-order valence-electron chi connectivity index (χ3n) is 11.5. The average Bonchev–Trinajstić information content (AvgIpc) is 3.37. The molecule has 0 amide bonds. The predicted octanol–water partition coefficient (Wildman–Crippen LogP) is 16.5. The molecule has 72 heavy (non-hydrogen) atoms. The Hall–Kier alpha value is -3.60. The smallest absolute Gasteiger partial charge is 0.462 e. The second-order valence-electron chi connectivity index (χ2n) is 18.4. The van der Waals surface area contributed by atoms with Crippen molar-refractivity contribution in [1.82, 2.24) is 0 Å². The Balaban J connectivity index is 4.81. The van der Waals surface area contributed by atoms with E-state index < -0.39 is 57.8 Å². The number of hydrogen-bond donors (Lipinski definition) is 2. The molecule has 0 fully saturated rings. The zero-order valence-electron chi connectivity index (χ0n) is 45.4. The van der Waals surface area contributed by atoms with Crippen molar-refractivity contribution in [1.29, 1.82) is 0 Å². The molecule has 11 nitrogen and oxygen atoms in total. The number of unbranched alkanes of at least 4 members (excludes halogenated alkanes) is 18. The van der Waals surface area contributed by atoms with Crippen LogP contribution >= 0.6 is 7.82 Å². The first-order valence-corrected chi connectivity index (χ1v) is 29.6. The molecule has 0 aromatic rings. The van der Waals surface area contributed by atoms with Crippen LogP contribution in [0.1, 0.15) is 226 Å². The SMILES string of the molecule is CC/C=C\C/C=C\C/C=C\C/C=C\CCC(=O)OCC(COP(=O)(O)OCC(CO)OC(=O)CCCCCCC/C=C\C/C=C\CCCCC)OC(=O)CCCCCCCCC/C=C\C/C=C\CCCCC. The van der Waals surface area contributed by atoms with Crippen molar-refractivity contribution in [3.05, 3.63) is 97.2 Å². The van der Waals surface area contributed by atoms with E-state index in [1.165, 1.54) is 57.8 Å². The van der Waals surface area contributed by atoms with Crippen LogP contribution in [0.15, 0.2) is 97.2 Å². The second kappa shape index (κ2) is 53.7. The van der Waals surface area contributed by atoms with Crippen LogP contribution in [-0.4, -0.2) is 66.5 Å². The van der Waals surface area contributed by atoms with Crippen molar-refractivity contribution in [2.24, 2.45) is 0 Å². The lowest BCUT2D eigenvalue weighted by atomic mass is 10.1. The molecule has 3 unspecified atom stereocenters. The molecule has 0 rings (SSSR count). The molecule has 12 heteroatoms. The Labute approximate surface area is 438 Å². The van der Waals surface area contributed by atoms with Crippen molar-refractivity contribution in [2.75, 3.05) is 26.4 Å². The Morgan fingerprint density at radius 3 is 1.17 bits per heavy atom. The van der Waals surface area contributed by atoms with Gasteiger partial charge in [0.1, 0.15) is 12.7 Å². The predicted molar refractivity (Wildman–Crippen MR) is 297 cm³/mol. The number of phosphoric ester groups is 1. The van der Waals surface area contributed by atoms with E-state index in [1.807, 2.05) is 12.2 Å². The van der Waals surface area contributed by atoms with Crippen LogP contribution in [0.25, 0.3) is 0 Å². The molecule has 3 atom stereocenters. The van der Waals surface area contributed by atoms with Gasteiger partial charge in [0.15, 0.2) is 6.10 Å². The summed E-state index contributed by atoms with van der Waals surface area (Å²) in [5, 5.41) is 9.80. The molecule has 412 valence electrons. The summed E-state index contributed by atoms with van der Waals surface area (Å²) in [5.41, 5.74) is 0. The number of ether oxygens (including phenoxy) is 3. The molecule has 0 aromatic heterocycles. The molecule has 0 bridgehead atoms. The van der Waals surface area contributed by atoms with Crippen LogP contribution in [0, 0.1) is 0 Å². The van der Waals surface area contributed by atoms with E-state index in [2.05, 4.69) is 106 Å². The lowest BCUT2D eigenvalue weighted by Crippen LogP contribution is -2.30. The molecule has 0 spiro atoms. The van der Waals surface area contributed by atoms with E-state index in [1.54, 1.807) is 0 Å². The highest BCUT2D eigenvalue weighted by Gasteiger charge is 2.28. The number of phosphoric acid groups is 1. The van der Waals surface area contributed by atoms with Crippen LogP contribution in [-0.2, 0) is 42.2 Å². The third kappa shape index (κ3) is 51.3. The second-order valence-corrected chi connectivity index (χ2v) is 19.8. The number of allylic oxidation sites excluding steroid dienone is 16. The minimum Gasteiger partial charge on any atom is -0.462 e. The topological polar surface area (TPSA) is 155 Å². The monoisotopic (exact) mass is 1030 g/mol. The van der Waals surface area contributed by atoms with Crippen molar-refractivity contribution in [3.63, 3.8) is 0 Å². The Morgan fingerprint density at radius 1 is 0.403 bits per heavy atom. The highest BCUT2D eigenvalue weighted by molar-refractivity contribution is 7.47. The van der Waals surface area contributed by atoms with Gasteiger partial charge >= 0.3 is 25.7 Å². The molecule has 0 saturated heterocycles. The van der Waals surface area contributed by atoms with Crippen LogP contribution in [0.4, 0.5) is 0 Å². The number of hydrogen-bond acceptors (Lipinski definition) is 10. The first-order valence-electron chi connectivity index (χ1n) is 28.1. The lowest BCUT2D eigenvalue weighted by Gasteiger charge is -2.21. The maximum Gasteiger partial charge on any atom is 0.472 e. The summed E-state index contributed by atoms with van der Waals surface area (Å²) in [4.78, 5) is 48.4. The summed E-state index contributed by atoms with van der Waals surface area (Å²) in [6.07, 6.45) is 62.4. The molecule has 0 aliphatic heterocycles. The number of carbonyl (C=O) groups excluding carboxylic acids is 3. The molecule has 0 aliphatic rings. The fourth-order valence-corrected chi connectivity index (χ4v) is 7.98. The average molecular weight is 1030 g/mol. The molecule has 2 N–H and O–H groups in total. The van der Waals surface area contributed by atoms with Crippen molar-refractivity contribution in [2.45, 2.75) is 238 Å². The van der Waals surface area contributed by atoms with Gasteiger partial charge in [0.05, 0.1) is 19.8 Å². The molecule has 0 saturated carbocycles. The summed E-state index contributed by atoms with van der Waals surface area (Å²) in [6.45, 7) is 4.36. The van der Waals surface area contributed by atoms with Crippen molar-refractivity contribution >= 4 is 25.7 Å². The van der Waals surface area contributed by atoms with Gasteiger partial charge in [-0.25, -0.2) is 4.57 Å². The fraction of sp³-hybridized carbons (Fsp3) is 0.683. The first kappa shape index (κ1) is 68.4. The minimum absolute atomic E-state index is 0.0990. The first-order chi connectivity index (χ1) is 35.2. The summed E-state index contributed by atoms with van der Waals surface area (Å²) in [7, 11) is -4.77. The summed E-state index contributed by atoms with van der Waals surface area (Å²) in [6, 6.07) is 0. The van der Waals surface area contributed by atoms with Crippen molar-refractivity contribution < 1.29 is 52.2 Å². The largest absolute Gasteiger partial charge is 0.472 e. The van der Waals surface area contributed by atoms with E-state index in [-0.39, 0.29) is 25.9 Å². The number of esters is 3. The Morgan fingerprint density at radius 2 is 0.750 bits per heavy atom. The van der Waals surface area contributed by atoms with Gasteiger partial charge in [-0.05, 0) is 109 Å². The van der Waals surface area contributed by atoms with Gasteiger partial charge in [-0.1, -0.05) is 195 Å². The normalized spacial score (nSPS) is 14.1. The molecule has 0 heterocycles. The van der Waals surface area contributed by atoms with Gasteiger partial charge < -0.3 is 24.2 Å². The minimum atomic E-state index is -4.77. The number of aliphatic hydroxyl groups excluding tert-OH is 1. The highest BCUT2D eigenvalue weighted by Crippen LogP contribution is 2.43. The van der Waals surface area contributed by atoms with Crippen LogP contribution in [0.5, 0.6) is 0 Å². The maximum atomic E-state index is 12.9. The van der Waals surface area contributed by atoms with Gasteiger partial charge in [0, 0.05) is 19.3 Å². The summed E-state index contributed by atoms with van der Waals surface area (Å²) < 4.78 is 39.4. The summed E-state index contributed by atoms with van der Waals surface area (Å²) in [5.74, 6) is -1.59. The van der Waals surface area contributed by atoms with Crippen LogP contribution < -0.4 is 0 Å². The zero-order valence-corrected chi connectivity index (χ0v) is 46.3.